The normalized spacial score (nSPS) is 12.5. The van der Waals surface area contributed by atoms with E-state index in [1.165, 1.54) is 24.3 Å². The molecule has 0 aliphatic heterocycles. The van der Waals surface area contributed by atoms with E-state index in [0.29, 0.717) is 15.7 Å². The van der Waals surface area contributed by atoms with Crippen LogP contribution in [0.25, 0.3) is 0 Å². The second-order valence-corrected chi connectivity index (χ2v) is 5.24. The van der Waals surface area contributed by atoms with Crippen LogP contribution in [-0.4, -0.2) is 10.1 Å². The molecular formula is C12H8Br2FNO. The Hall–Kier alpha value is -0.780. The van der Waals surface area contributed by atoms with Crippen molar-refractivity contribution in [3.8, 4) is 0 Å². The third-order valence-corrected chi connectivity index (χ3v) is 3.35. The number of pyridine rings is 1. The average molecular weight is 361 g/mol. The average Bonchev–Trinajstić information content (AvgIpc) is 2.29. The van der Waals surface area contributed by atoms with Crippen molar-refractivity contribution in [1.82, 2.24) is 4.98 Å². The van der Waals surface area contributed by atoms with Crippen molar-refractivity contribution in [3.63, 3.8) is 0 Å². The summed E-state index contributed by atoms with van der Waals surface area (Å²) in [4.78, 5) is 4.14. The van der Waals surface area contributed by atoms with Gasteiger partial charge in [-0.05, 0) is 55.6 Å². The van der Waals surface area contributed by atoms with Crippen LogP contribution in [0.3, 0.4) is 0 Å². The fourth-order valence-electron chi connectivity index (χ4n) is 1.43. The highest BCUT2D eigenvalue weighted by Crippen LogP contribution is 2.28. The van der Waals surface area contributed by atoms with Gasteiger partial charge < -0.3 is 5.11 Å². The van der Waals surface area contributed by atoms with Crippen LogP contribution in [0.15, 0.2) is 45.5 Å². The summed E-state index contributed by atoms with van der Waals surface area (Å²) in [6.07, 6.45) is 0.727. The zero-order valence-electron chi connectivity index (χ0n) is 8.57. The third-order valence-electron chi connectivity index (χ3n) is 2.28. The van der Waals surface area contributed by atoms with Crippen molar-refractivity contribution in [2.24, 2.45) is 0 Å². The van der Waals surface area contributed by atoms with Gasteiger partial charge in [0, 0.05) is 15.1 Å². The molecule has 17 heavy (non-hydrogen) atoms. The van der Waals surface area contributed by atoms with Gasteiger partial charge in [-0.1, -0.05) is 12.1 Å². The Balaban J connectivity index is 2.36. The Kier molecular flexibility index (Phi) is 3.91. The Morgan fingerprint density at radius 1 is 1.18 bits per heavy atom. The molecule has 0 aliphatic rings. The first-order valence-electron chi connectivity index (χ1n) is 4.82. The first kappa shape index (κ1) is 12.7. The molecule has 0 bridgehead atoms. The number of rotatable bonds is 2. The monoisotopic (exact) mass is 359 g/mol. The highest BCUT2D eigenvalue weighted by molar-refractivity contribution is 9.11. The van der Waals surface area contributed by atoms with Gasteiger partial charge in [-0.3, -0.25) is 4.98 Å². The van der Waals surface area contributed by atoms with Crippen LogP contribution >= 0.6 is 31.9 Å². The van der Waals surface area contributed by atoms with Gasteiger partial charge in [0.15, 0.2) is 0 Å². The van der Waals surface area contributed by atoms with Gasteiger partial charge in [0.1, 0.15) is 11.9 Å². The van der Waals surface area contributed by atoms with E-state index in [0.717, 1.165) is 4.47 Å². The van der Waals surface area contributed by atoms with Crippen molar-refractivity contribution < 1.29 is 9.50 Å². The zero-order valence-corrected chi connectivity index (χ0v) is 11.7. The summed E-state index contributed by atoms with van der Waals surface area (Å²) in [6, 6.07) is 7.50. The molecule has 1 aromatic heterocycles. The molecule has 1 N–H and O–H groups in total. The molecule has 0 aliphatic carbocycles. The Bertz CT molecular complexity index is 531. The van der Waals surface area contributed by atoms with Crippen LogP contribution in [-0.2, 0) is 0 Å². The smallest absolute Gasteiger partial charge is 0.123 e. The van der Waals surface area contributed by atoms with Gasteiger partial charge >= 0.3 is 0 Å². The predicted molar refractivity (Wildman–Crippen MR) is 70.1 cm³/mol. The van der Waals surface area contributed by atoms with Crippen molar-refractivity contribution in [2.45, 2.75) is 6.10 Å². The molecule has 0 saturated heterocycles. The number of hydrogen-bond donors (Lipinski definition) is 1. The maximum absolute atomic E-state index is 12.8. The minimum absolute atomic E-state index is 0.330. The second kappa shape index (κ2) is 5.25. The fraction of sp³-hybridized carbons (Fsp3) is 0.0833. The van der Waals surface area contributed by atoms with E-state index in [-0.39, 0.29) is 5.82 Å². The highest BCUT2D eigenvalue weighted by Gasteiger charge is 2.15. The van der Waals surface area contributed by atoms with Crippen LogP contribution in [0, 0.1) is 5.82 Å². The lowest BCUT2D eigenvalue weighted by molar-refractivity contribution is 0.214. The molecule has 5 heteroatoms. The number of benzene rings is 1. The van der Waals surface area contributed by atoms with Gasteiger partial charge in [0.05, 0.1) is 5.69 Å². The lowest BCUT2D eigenvalue weighted by atomic mass is 10.1. The van der Waals surface area contributed by atoms with Crippen LogP contribution in [0.4, 0.5) is 4.39 Å². The molecule has 1 aromatic carbocycles. The number of aromatic nitrogens is 1. The molecule has 0 saturated carbocycles. The van der Waals surface area contributed by atoms with Crippen molar-refractivity contribution >= 4 is 31.9 Å². The van der Waals surface area contributed by atoms with Crippen LogP contribution < -0.4 is 0 Å². The Labute approximate surface area is 115 Å². The topological polar surface area (TPSA) is 33.1 Å². The first-order chi connectivity index (χ1) is 8.08. The molecule has 0 spiro atoms. The number of aliphatic hydroxyl groups excluding tert-OH is 1. The maximum Gasteiger partial charge on any atom is 0.123 e. The predicted octanol–water partition coefficient (Wildman–Crippen LogP) is 3.83. The number of halogens is 3. The number of aliphatic hydroxyl groups is 1. The van der Waals surface area contributed by atoms with E-state index in [1.54, 1.807) is 12.3 Å². The molecule has 88 valence electrons. The standard InChI is InChI=1S/C12H8Br2FNO/c13-8-5-10(14)11(16-6-8)12(17)7-1-3-9(15)4-2-7/h1-6,12,17H. The number of nitrogens with zero attached hydrogens (tertiary/aromatic N) is 1. The van der Waals surface area contributed by atoms with E-state index < -0.39 is 6.10 Å². The molecule has 2 aromatic rings. The Morgan fingerprint density at radius 2 is 1.82 bits per heavy atom. The summed E-state index contributed by atoms with van der Waals surface area (Å²) < 4.78 is 14.3. The van der Waals surface area contributed by atoms with E-state index >= 15 is 0 Å². The summed E-state index contributed by atoms with van der Waals surface area (Å²) >= 11 is 6.62. The van der Waals surface area contributed by atoms with Crippen molar-refractivity contribution in [2.75, 3.05) is 0 Å². The zero-order chi connectivity index (χ0) is 12.4. The lowest BCUT2D eigenvalue weighted by Crippen LogP contribution is -2.03. The molecule has 0 amide bonds. The minimum Gasteiger partial charge on any atom is -0.382 e. The lowest BCUT2D eigenvalue weighted by Gasteiger charge is -2.12. The van der Waals surface area contributed by atoms with E-state index in [2.05, 4.69) is 36.8 Å². The van der Waals surface area contributed by atoms with Gasteiger partial charge in [0.2, 0.25) is 0 Å². The molecule has 0 radical (unpaired) electrons. The minimum atomic E-state index is -0.877. The summed E-state index contributed by atoms with van der Waals surface area (Å²) in [5, 5.41) is 10.1. The fourth-order valence-corrected chi connectivity index (χ4v) is 2.63. The molecule has 1 atom stereocenters. The summed E-state index contributed by atoms with van der Waals surface area (Å²) in [5.41, 5.74) is 1.10. The summed E-state index contributed by atoms with van der Waals surface area (Å²) in [7, 11) is 0. The molecule has 0 fully saturated rings. The van der Waals surface area contributed by atoms with Crippen LogP contribution in [0.2, 0.25) is 0 Å². The SMILES string of the molecule is OC(c1ccc(F)cc1)c1ncc(Br)cc1Br. The van der Waals surface area contributed by atoms with Crippen LogP contribution in [0.1, 0.15) is 17.4 Å². The quantitative estimate of drug-likeness (QED) is 0.882. The number of hydrogen-bond acceptors (Lipinski definition) is 2. The molecule has 2 rings (SSSR count). The van der Waals surface area contributed by atoms with E-state index in [4.69, 9.17) is 0 Å². The highest BCUT2D eigenvalue weighted by atomic mass is 79.9. The van der Waals surface area contributed by atoms with E-state index in [1.807, 2.05) is 0 Å². The van der Waals surface area contributed by atoms with Crippen molar-refractivity contribution in [1.29, 1.82) is 0 Å². The maximum atomic E-state index is 12.8. The largest absolute Gasteiger partial charge is 0.382 e. The third kappa shape index (κ3) is 2.91. The second-order valence-electron chi connectivity index (χ2n) is 3.47. The molecular weight excluding hydrogens is 353 g/mol. The van der Waals surface area contributed by atoms with Crippen LogP contribution in [0.5, 0.6) is 0 Å². The Morgan fingerprint density at radius 3 is 2.41 bits per heavy atom. The van der Waals surface area contributed by atoms with Crippen molar-refractivity contribution in [3.05, 3.63) is 62.5 Å². The molecule has 1 heterocycles. The van der Waals surface area contributed by atoms with Gasteiger partial charge in [-0.25, -0.2) is 4.39 Å². The van der Waals surface area contributed by atoms with Gasteiger partial charge in [0.25, 0.3) is 0 Å². The first-order valence-corrected chi connectivity index (χ1v) is 6.41. The summed E-state index contributed by atoms with van der Waals surface area (Å²) in [5.74, 6) is -0.330. The summed E-state index contributed by atoms with van der Waals surface area (Å²) in [6.45, 7) is 0. The van der Waals surface area contributed by atoms with Gasteiger partial charge in [-0.15, -0.1) is 0 Å². The molecule has 1 unspecified atom stereocenters. The van der Waals surface area contributed by atoms with E-state index in [9.17, 15) is 9.50 Å². The van der Waals surface area contributed by atoms with Gasteiger partial charge in [-0.2, -0.15) is 0 Å². The molecule has 2 nitrogen and oxygen atoms in total.